The minimum Gasteiger partial charge on any atom is -0.494 e. The van der Waals surface area contributed by atoms with Crippen LogP contribution < -0.4 is 9.47 Å². The Kier molecular flexibility index (Phi) is 15.6. The van der Waals surface area contributed by atoms with E-state index in [1.807, 2.05) is 6.92 Å². The molecule has 1 unspecified atom stereocenters. The van der Waals surface area contributed by atoms with Crippen molar-refractivity contribution in [3.63, 3.8) is 0 Å². The van der Waals surface area contributed by atoms with E-state index in [2.05, 4.69) is 13.8 Å². The van der Waals surface area contributed by atoms with Crippen LogP contribution in [0.15, 0.2) is 48.5 Å². The second-order valence-electron chi connectivity index (χ2n) is 12.3. The number of unbranched alkanes of at least 4 members (excludes halogenated alkanes) is 9. The molecule has 1 fully saturated rings. The summed E-state index contributed by atoms with van der Waals surface area (Å²) in [5, 5.41) is 0. The predicted molar refractivity (Wildman–Crippen MR) is 169 cm³/mol. The zero-order chi connectivity index (χ0) is 30.8. The van der Waals surface area contributed by atoms with Gasteiger partial charge in [-0.05, 0) is 67.3 Å². The standard InChI is InChI=1S/C36H52O7/c1-4-29(2)25-42-34(37)30-17-21-33(22-18-30)43-35(38)31-15-19-32(20-16-31)41-24-14-12-10-8-6-5-7-9-11-13-23-39-26-36(3)27-40-28-36/h15-22,29H,4-14,23-28H2,1-3H3. The Hall–Kier alpha value is -2.90. The fourth-order valence-corrected chi connectivity index (χ4v) is 4.69. The van der Waals surface area contributed by atoms with Gasteiger partial charge in [0.25, 0.3) is 0 Å². The lowest BCUT2D eigenvalue weighted by Crippen LogP contribution is -2.43. The lowest BCUT2D eigenvalue weighted by atomic mass is 9.90. The summed E-state index contributed by atoms with van der Waals surface area (Å²) in [7, 11) is 0. The third kappa shape index (κ3) is 13.5. The summed E-state index contributed by atoms with van der Waals surface area (Å²) in [5.41, 5.74) is 1.13. The number of esters is 2. The lowest BCUT2D eigenvalue weighted by molar-refractivity contribution is -0.137. The summed E-state index contributed by atoms with van der Waals surface area (Å²) in [4.78, 5) is 24.7. The van der Waals surface area contributed by atoms with Crippen LogP contribution in [0.2, 0.25) is 0 Å². The Morgan fingerprint density at radius 1 is 0.744 bits per heavy atom. The molecule has 1 saturated heterocycles. The van der Waals surface area contributed by atoms with E-state index in [1.165, 1.54) is 51.4 Å². The minimum absolute atomic E-state index is 0.263. The molecule has 0 spiro atoms. The summed E-state index contributed by atoms with van der Waals surface area (Å²) in [6.07, 6.45) is 13.3. The molecule has 238 valence electrons. The maximum atomic E-state index is 12.5. The van der Waals surface area contributed by atoms with Crippen molar-refractivity contribution in [3.05, 3.63) is 59.7 Å². The van der Waals surface area contributed by atoms with Crippen LogP contribution in [0.4, 0.5) is 0 Å². The number of benzene rings is 2. The largest absolute Gasteiger partial charge is 0.494 e. The molecular weight excluding hydrogens is 544 g/mol. The average Bonchev–Trinajstić information content (AvgIpc) is 3.01. The van der Waals surface area contributed by atoms with Crippen LogP contribution in [0.25, 0.3) is 0 Å². The first-order valence-electron chi connectivity index (χ1n) is 16.3. The molecule has 0 bridgehead atoms. The van der Waals surface area contributed by atoms with E-state index in [0.717, 1.165) is 51.4 Å². The molecule has 7 nitrogen and oxygen atoms in total. The van der Waals surface area contributed by atoms with E-state index < -0.39 is 5.97 Å². The maximum Gasteiger partial charge on any atom is 0.343 e. The quantitative estimate of drug-likeness (QED) is 0.0766. The molecule has 1 aliphatic heterocycles. The minimum atomic E-state index is -0.461. The van der Waals surface area contributed by atoms with Gasteiger partial charge >= 0.3 is 11.9 Å². The Labute approximate surface area is 258 Å². The van der Waals surface area contributed by atoms with Gasteiger partial charge < -0.3 is 23.7 Å². The molecule has 7 heteroatoms. The zero-order valence-corrected chi connectivity index (χ0v) is 26.6. The maximum absolute atomic E-state index is 12.5. The van der Waals surface area contributed by atoms with Crippen LogP contribution >= 0.6 is 0 Å². The molecule has 1 atom stereocenters. The van der Waals surface area contributed by atoms with Crippen LogP contribution in [-0.4, -0.2) is 51.6 Å². The van der Waals surface area contributed by atoms with Gasteiger partial charge in [-0.3, -0.25) is 0 Å². The molecule has 1 aliphatic rings. The fraction of sp³-hybridized carbons (Fsp3) is 0.611. The lowest BCUT2D eigenvalue weighted by Gasteiger charge is -2.37. The molecule has 2 aromatic carbocycles. The van der Waals surface area contributed by atoms with Gasteiger partial charge in [0, 0.05) is 12.0 Å². The van der Waals surface area contributed by atoms with Gasteiger partial charge in [-0.2, -0.15) is 0 Å². The molecule has 43 heavy (non-hydrogen) atoms. The van der Waals surface area contributed by atoms with Crippen LogP contribution in [0, 0.1) is 11.3 Å². The van der Waals surface area contributed by atoms with E-state index in [9.17, 15) is 9.59 Å². The number of rotatable bonds is 22. The average molecular weight is 597 g/mol. The number of carbonyl (C=O) groups is 2. The van der Waals surface area contributed by atoms with Gasteiger partial charge in [0.15, 0.2) is 0 Å². The predicted octanol–water partition coefficient (Wildman–Crippen LogP) is 8.44. The SMILES string of the molecule is CCC(C)COC(=O)c1ccc(OC(=O)c2ccc(OCCCCCCCCCCCCOCC3(C)COC3)cc2)cc1. The van der Waals surface area contributed by atoms with Crippen molar-refractivity contribution in [2.24, 2.45) is 11.3 Å². The first-order valence-corrected chi connectivity index (χ1v) is 16.3. The van der Waals surface area contributed by atoms with Crippen LogP contribution in [0.3, 0.4) is 0 Å². The van der Waals surface area contributed by atoms with Crippen molar-refractivity contribution in [2.75, 3.05) is 39.6 Å². The van der Waals surface area contributed by atoms with E-state index in [0.29, 0.717) is 36.0 Å². The van der Waals surface area contributed by atoms with Crippen LogP contribution in [0.5, 0.6) is 11.5 Å². The number of ether oxygens (including phenoxy) is 5. The smallest absolute Gasteiger partial charge is 0.343 e. The van der Waals surface area contributed by atoms with Crippen molar-refractivity contribution in [1.82, 2.24) is 0 Å². The number of hydrogen-bond acceptors (Lipinski definition) is 7. The normalized spacial score (nSPS) is 14.5. The van der Waals surface area contributed by atoms with E-state index in [-0.39, 0.29) is 11.4 Å². The molecule has 3 rings (SSSR count). The molecule has 0 saturated carbocycles. The molecule has 0 aromatic heterocycles. The number of hydrogen-bond donors (Lipinski definition) is 0. The summed E-state index contributed by atoms with van der Waals surface area (Å²) in [6, 6.07) is 13.4. The summed E-state index contributed by atoms with van der Waals surface area (Å²) < 4.78 is 27.7. The molecule has 1 heterocycles. The van der Waals surface area contributed by atoms with Crippen LogP contribution in [0.1, 0.15) is 112 Å². The van der Waals surface area contributed by atoms with Gasteiger partial charge in [-0.15, -0.1) is 0 Å². The van der Waals surface area contributed by atoms with Gasteiger partial charge in [-0.25, -0.2) is 9.59 Å². The first-order chi connectivity index (χ1) is 20.9. The molecule has 0 N–H and O–H groups in total. The Morgan fingerprint density at radius 2 is 1.26 bits per heavy atom. The van der Waals surface area contributed by atoms with Gasteiger partial charge in [0.2, 0.25) is 0 Å². The fourth-order valence-electron chi connectivity index (χ4n) is 4.69. The summed E-state index contributed by atoms with van der Waals surface area (Å²) in [5.74, 6) is 0.596. The van der Waals surface area contributed by atoms with Crippen molar-refractivity contribution in [2.45, 2.75) is 91.4 Å². The monoisotopic (exact) mass is 596 g/mol. The Bertz CT molecular complexity index is 1060. The van der Waals surface area contributed by atoms with Gasteiger partial charge in [-0.1, -0.05) is 78.6 Å². The Morgan fingerprint density at radius 3 is 1.79 bits per heavy atom. The highest BCUT2D eigenvalue weighted by molar-refractivity contribution is 5.92. The Balaban J connectivity index is 1.17. The van der Waals surface area contributed by atoms with E-state index in [4.69, 9.17) is 23.7 Å². The van der Waals surface area contributed by atoms with Crippen molar-refractivity contribution < 1.29 is 33.3 Å². The van der Waals surface area contributed by atoms with E-state index >= 15 is 0 Å². The molecule has 0 aliphatic carbocycles. The zero-order valence-electron chi connectivity index (χ0n) is 26.6. The highest BCUT2D eigenvalue weighted by Gasteiger charge is 2.33. The van der Waals surface area contributed by atoms with Crippen LogP contribution in [-0.2, 0) is 14.2 Å². The van der Waals surface area contributed by atoms with Gasteiger partial charge in [0.1, 0.15) is 11.5 Å². The molecule has 0 amide bonds. The molecule has 2 aromatic rings. The highest BCUT2D eigenvalue weighted by Crippen LogP contribution is 2.26. The third-order valence-corrected chi connectivity index (χ3v) is 7.89. The molecule has 0 radical (unpaired) electrons. The second kappa shape index (κ2) is 19.4. The number of carbonyl (C=O) groups excluding carboxylic acids is 2. The highest BCUT2D eigenvalue weighted by atomic mass is 16.5. The van der Waals surface area contributed by atoms with Gasteiger partial charge in [0.05, 0.1) is 44.2 Å². The van der Waals surface area contributed by atoms with Crippen molar-refractivity contribution in [1.29, 1.82) is 0 Å². The summed E-state index contributed by atoms with van der Waals surface area (Å²) >= 11 is 0. The topological polar surface area (TPSA) is 80.3 Å². The summed E-state index contributed by atoms with van der Waals surface area (Å²) in [6.45, 7) is 10.8. The third-order valence-electron chi connectivity index (χ3n) is 7.89. The van der Waals surface area contributed by atoms with Crippen molar-refractivity contribution in [3.8, 4) is 11.5 Å². The van der Waals surface area contributed by atoms with E-state index in [1.54, 1.807) is 48.5 Å². The first kappa shape index (κ1) is 34.6. The second-order valence-corrected chi connectivity index (χ2v) is 12.3. The molecular formula is C36H52O7. The van der Waals surface area contributed by atoms with Crippen molar-refractivity contribution >= 4 is 11.9 Å².